The average Bonchev–Trinajstić information content (AvgIpc) is 3.49. The first-order chi connectivity index (χ1) is 17.8. The normalized spacial score (nSPS) is 19.1. The molecule has 3 aromatic carbocycles. The van der Waals surface area contributed by atoms with E-state index in [2.05, 4.69) is 47.5 Å². The van der Waals surface area contributed by atoms with Gasteiger partial charge in [0.05, 0.1) is 10.4 Å². The minimum atomic E-state index is -0.705. The predicted molar refractivity (Wildman–Crippen MR) is 158 cm³/mol. The zero-order valence-electron chi connectivity index (χ0n) is 20.7. The van der Waals surface area contributed by atoms with Crippen LogP contribution in [0.4, 0.5) is 5.13 Å². The number of nitrogens with two attached hydrogens (primary N) is 1. The highest BCUT2D eigenvalue weighted by Crippen LogP contribution is 2.54. The van der Waals surface area contributed by atoms with Gasteiger partial charge in [-0.1, -0.05) is 106 Å². The lowest BCUT2D eigenvalue weighted by Gasteiger charge is -2.38. The Morgan fingerprint density at radius 1 is 0.946 bits per heavy atom. The van der Waals surface area contributed by atoms with E-state index in [1.54, 1.807) is 11.8 Å². The summed E-state index contributed by atoms with van der Waals surface area (Å²) in [6.07, 6.45) is 0.507. The molecular formula is C28H27Cl2N5S2. The van der Waals surface area contributed by atoms with E-state index in [0.29, 0.717) is 16.6 Å². The van der Waals surface area contributed by atoms with Gasteiger partial charge in [0.2, 0.25) is 5.13 Å². The molecule has 190 valence electrons. The highest BCUT2D eigenvalue weighted by atomic mass is 35.5. The highest BCUT2D eigenvalue weighted by Gasteiger charge is 2.50. The summed E-state index contributed by atoms with van der Waals surface area (Å²) in [5.74, 6) is 0. The molecule has 0 bridgehead atoms. The number of rotatable bonds is 7. The minimum absolute atomic E-state index is 0.368. The lowest BCUT2D eigenvalue weighted by Crippen LogP contribution is -2.41. The van der Waals surface area contributed by atoms with Crippen molar-refractivity contribution in [1.29, 1.82) is 0 Å². The number of benzene rings is 3. The maximum atomic E-state index is 7.17. The first-order valence-electron chi connectivity index (χ1n) is 11.9. The van der Waals surface area contributed by atoms with Crippen molar-refractivity contribution in [2.24, 2.45) is 10.8 Å². The Morgan fingerprint density at radius 2 is 1.70 bits per heavy atom. The van der Waals surface area contributed by atoms with Crippen LogP contribution in [0.5, 0.6) is 0 Å². The second-order valence-corrected chi connectivity index (χ2v) is 12.6. The summed E-state index contributed by atoms with van der Waals surface area (Å²) in [5, 5.41) is 18.4. The van der Waals surface area contributed by atoms with Crippen molar-refractivity contribution in [2.45, 2.75) is 43.5 Å². The van der Waals surface area contributed by atoms with E-state index in [1.807, 2.05) is 61.3 Å². The molecule has 0 amide bonds. The Morgan fingerprint density at radius 3 is 2.41 bits per heavy atom. The monoisotopic (exact) mass is 567 g/mol. The van der Waals surface area contributed by atoms with E-state index in [1.165, 1.54) is 11.3 Å². The van der Waals surface area contributed by atoms with Gasteiger partial charge in [-0.2, -0.15) is 5.10 Å². The lowest BCUT2D eigenvalue weighted by atomic mass is 9.94. The summed E-state index contributed by atoms with van der Waals surface area (Å²) >= 11 is 17.0. The number of hydrogen-bond donors (Lipinski definition) is 1. The Balaban J connectivity index is 1.63. The van der Waals surface area contributed by atoms with Gasteiger partial charge in [-0.05, 0) is 44.0 Å². The number of thioether (sulfide) groups is 1. The topological polar surface area (TPSA) is 67.4 Å². The molecular weight excluding hydrogens is 541 g/mol. The largest absolute Gasteiger partial charge is 0.323 e. The maximum absolute atomic E-state index is 7.17. The number of anilines is 1. The van der Waals surface area contributed by atoms with E-state index in [0.717, 1.165) is 37.9 Å². The standard InChI is InChI=1S/C28H27Cl2N5S2/c1-17-8-7-9-20(14-17)25(31)24(30)16-28(21-10-5-4-6-11-21)35(27-33-32-19(3)36-27)34-26(37-28)22-15-18(2)12-13-23(22)29/h4-15,24-25H,16,31H2,1-3H3. The molecule has 0 spiro atoms. The van der Waals surface area contributed by atoms with Crippen LogP contribution < -0.4 is 10.7 Å². The van der Waals surface area contributed by atoms with Gasteiger partial charge in [0, 0.05) is 18.0 Å². The molecule has 0 fully saturated rings. The maximum Gasteiger partial charge on any atom is 0.230 e. The second kappa shape index (κ2) is 10.8. The number of halogens is 2. The molecule has 1 aliphatic heterocycles. The molecule has 1 aromatic heterocycles. The van der Waals surface area contributed by atoms with Gasteiger partial charge in [-0.3, -0.25) is 0 Å². The summed E-state index contributed by atoms with van der Waals surface area (Å²) in [5.41, 5.74) is 12.0. The van der Waals surface area contributed by atoms with Gasteiger partial charge in [0.1, 0.15) is 14.9 Å². The SMILES string of the molecule is Cc1cccc(C(N)C(Cl)CC2(c3ccccc3)SC(c3cc(C)ccc3Cl)=NN2c2nnc(C)s2)c1. The number of hydrazone groups is 1. The zero-order valence-corrected chi connectivity index (χ0v) is 23.9. The zero-order chi connectivity index (χ0) is 26.2. The first-order valence-corrected chi connectivity index (χ1v) is 14.4. The molecule has 2 heterocycles. The quantitative estimate of drug-likeness (QED) is 0.233. The molecule has 5 nitrogen and oxygen atoms in total. The summed E-state index contributed by atoms with van der Waals surface area (Å²) in [7, 11) is 0. The van der Waals surface area contributed by atoms with Crippen LogP contribution >= 0.6 is 46.3 Å². The van der Waals surface area contributed by atoms with Gasteiger partial charge in [0.25, 0.3) is 0 Å². The van der Waals surface area contributed by atoms with E-state index in [9.17, 15) is 0 Å². The number of nitrogens with zero attached hydrogens (tertiary/aromatic N) is 4. The summed E-state index contributed by atoms with van der Waals surface area (Å²) < 4.78 is 0. The molecule has 3 atom stereocenters. The Bertz CT molecular complexity index is 1440. The number of alkyl halides is 1. The Labute approximate surface area is 235 Å². The van der Waals surface area contributed by atoms with Crippen LogP contribution in [0.3, 0.4) is 0 Å². The summed E-state index contributed by atoms with van der Waals surface area (Å²) in [6.45, 7) is 6.05. The van der Waals surface area contributed by atoms with Crippen LogP contribution in [0.25, 0.3) is 0 Å². The number of hydrogen-bond acceptors (Lipinski definition) is 7. The molecule has 0 saturated heterocycles. The number of aromatic nitrogens is 2. The van der Waals surface area contributed by atoms with E-state index in [4.69, 9.17) is 34.0 Å². The smallest absolute Gasteiger partial charge is 0.230 e. The minimum Gasteiger partial charge on any atom is -0.323 e. The average molecular weight is 569 g/mol. The van der Waals surface area contributed by atoms with Crippen LogP contribution in [-0.2, 0) is 4.87 Å². The van der Waals surface area contributed by atoms with Crippen molar-refractivity contribution in [3.8, 4) is 0 Å². The molecule has 0 aliphatic carbocycles. The van der Waals surface area contributed by atoms with E-state index < -0.39 is 10.2 Å². The van der Waals surface area contributed by atoms with Crippen molar-refractivity contribution in [1.82, 2.24) is 10.2 Å². The van der Waals surface area contributed by atoms with Crippen LogP contribution in [0, 0.1) is 20.8 Å². The van der Waals surface area contributed by atoms with Crippen molar-refractivity contribution in [3.63, 3.8) is 0 Å². The van der Waals surface area contributed by atoms with Crippen molar-refractivity contribution < 1.29 is 0 Å². The van der Waals surface area contributed by atoms with Crippen LogP contribution in [0.1, 0.15) is 45.3 Å². The van der Waals surface area contributed by atoms with Gasteiger partial charge >= 0.3 is 0 Å². The van der Waals surface area contributed by atoms with E-state index in [-0.39, 0.29) is 6.04 Å². The third-order valence-electron chi connectivity index (χ3n) is 6.36. The van der Waals surface area contributed by atoms with Gasteiger partial charge < -0.3 is 5.73 Å². The van der Waals surface area contributed by atoms with Crippen molar-refractivity contribution >= 4 is 56.5 Å². The molecule has 3 unspecified atom stereocenters. The summed E-state index contributed by atoms with van der Waals surface area (Å²) in [4.78, 5) is -0.705. The third kappa shape index (κ3) is 5.29. The fourth-order valence-corrected chi connectivity index (χ4v) is 7.42. The molecule has 4 aromatic rings. The Hall–Kier alpha value is -2.42. The molecule has 37 heavy (non-hydrogen) atoms. The fourth-order valence-electron chi connectivity index (χ4n) is 4.48. The second-order valence-electron chi connectivity index (χ2n) is 9.22. The van der Waals surface area contributed by atoms with Gasteiger partial charge in [-0.15, -0.1) is 21.8 Å². The Kier molecular flexibility index (Phi) is 7.61. The van der Waals surface area contributed by atoms with Gasteiger partial charge in [-0.25, -0.2) is 5.01 Å². The molecule has 1 aliphatic rings. The van der Waals surface area contributed by atoms with Crippen LogP contribution in [0.15, 0.2) is 77.9 Å². The third-order valence-corrected chi connectivity index (χ3v) is 9.34. The molecule has 9 heteroatoms. The molecule has 5 rings (SSSR count). The summed E-state index contributed by atoms with van der Waals surface area (Å²) in [6, 6.07) is 24.1. The van der Waals surface area contributed by atoms with Gasteiger partial charge in [0.15, 0.2) is 0 Å². The van der Waals surface area contributed by atoms with Crippen LogP contribution in [0.2, 0.25) is 5.02 Å². The molecule has 0 radical (unpaired) electrons. The predicted octanol–water partition coefficient (Wildman–Crippen LogP) is 7.58. The first kappa shape index (κ1) is 26.2. The van der Waals surface area contributed by atoms with Crippen molar-refractivity contribution in [2.75, 3.05) is 5.01 Å². The number of aryl methyl sites for hydroxylation is 3. The van der Waals surface area contributed by atoms with Crippen molar-refractivity contribution in [3.05, 3.63) is 111 Å². The lowest BCUT2D eigenvalue weighted by molar-refractivity contribution is 0.491. The van der Waals surface area contributed by atoms with E-state index >= 15 is 0 Å². The molecule has 0 saturated carbocycles. The fraction of sp³-hybridized carbons (Fsp3) is 0.250. The highest BCUT2D eigenvalue weighted by molar-refractivity contribution is 8.15. The van der Waals surface area contributed by atoms with Crippen LogP contribution in [-0.4, -0.2) is 20.6 Å². The molecule has 2 N–H and O–H groups in total.